The van der Waals surface area contributed by atoms with Gasteiger partial charge in [0.25, 0.3) is 0 Å². The van der Waals surface area contributed by atoms with Crippen molar-refractivity contribution in [1.29, 1.82) is 0 Å². The zero-order valence-corrected chi connectivity index (χ0v) is 10.1. The summed E-state index contributed by atoms with van der Waals surface area (Å²) in [5.74, 6) is 0.0914. The molecule has 0 aromatic carbocycles. The quantitative estimate of drug-likeness (QED) is 0.320. The van der Waals surface area contributed by atoms with Crippen LogP contribution < -0.4 is 5.73 Å². The molecule has 0 unspecified atom stereocenters. The topological polar surface area (TPSA) is 80.8 Å². The first-order valence-electron chi connectivity index (χ1n) is 5.83. The van der Waals surface area contributed by atoms with Crippen LogP contribution in [0.4, 0.5) is 0 Å². The van der Waals surface area contributed by atoms with Gasteiger partial charge in [-0.3, -0.25) is 0 Å². The Morgan fingerprint density at radius 1 is 1.26 bits per heavy atom. The van der Waals surface area contributed by atoms with Crippen molar-refractivity contribution in [1.82, 2.24) is 14.0 Å². The summed E-state index contributed by atoms with van der Waals surface area (Å²) < 4.78 is 3.85. The number of hydrogen-bond donors (Lipinski definition) is 2. The maximum absolute atomic E-state index is 8.74. The summed E-state index contributed by atoms with van der Waals surface area (Å²) in [6.07, 6.45) is 5.79. The third-order valence-corrected chi connectivity index (χ3v) is 2.95. The number of amidine groups is 1. The second-order valence-corrected chi connectivity index (χ2v) is 4.20. The predicted molar refractivity (Wildman–Crippen MR) is 71.2 cm³/mol. The van der Waals surface area contributed by atoms with Crippen molar-refractivity contribution in [2.75, 3.05) is 0 Å². The molecular weight excluding hydrogens is 242 g/mol. The van der Waals surface area contributed by atoms with Gasteiger partial charge in [-0.05, 0) is 24.3 Å². The molecule has 0 fully saturated rings. The zero-order chi connectivity index (χ0) is 13.2. The van der Waals surface area contributed by atoms with Crippen molar-refractivity contribution in [3.63, 3.8) is 0 Å². The molecule has 0 saturated heterocycles. The molecule has 3 rings (SSSR count). The molecule has 19 heavy (non-hydrogen) atoms. The van der Waals surface area contributed by atoms with Gasteiger partial charge in [0.05, 0.1) is 17.9 Å². The Hall–Kier alpha value is -2.76. The van der Waals surface area contributed by atoms with Crippen LogP contribution in [-0.4, -0.2) is 25.0 Å². The molecule has 3 aromatic rings. The Balaban J connectivity index is 1.95. The molecule has 0 atom stereocenters. The molecule has 3 aromatic heterocycles. The minimum absolute atomic E-state index is 0.0914. The number of oxime groups is 1. The average molecular weight is 255 g/mol. The van der Waals surface area contributed by atoms with E-state index in [2.05, 4.69) is 10.1 Å². The Bertz CT molecular complexity index is 707. The molecule has 6 nitrogen and oxygen atoms in total. The zero-order valence-electron chi connectivity index (χ0n) is 10.1. The Kier molecular flexibility index (Phi) is 2.68. The lowest BCUT2D eigenvalue weighted by Gasteiger charge is -2.05. The van der Waals surface area contributed by atoms with Gasteiger partial charge >= 0.3 is 0 Å². The Labute approximate surface area is 109 Å². The SMILES string of the molecule is N/C(=N/O)c1cccn1Cc1cn2ccccc2n1. The first-order valence-corrected chi connectivity index (χ1v) is 5.83. The minimum Gasteiger partial charge on any atom is -0.409 e. The van der Waals surface area contributed by atoms with Crippen LogP contribution in [0.5, 0.6) is 0 Å². The van der Waals surface area contributed by atoms with Crippen molar-refractivity contribution < 1.29 is 5.21 Å². The van der Waals surface area contributed by atoms with Gasteiger partial charge in [0.2, 0.25) is 0 Å². The molecule has 0 aliphatic carbocycles. The van der Waals surface area contributed by atoms with Crippen molar-refractivity contribution in [3.05, 3.63) is 60.3 Å². The monoisotopic (exact) mass is 255 g/mol. The first kappa shape index (κ1) is 11.3. The molecule has 96 valence electrons. The molecular formula is C13H13N5O. The number of hydrogen-bond acceptors (Lipinski definition) is 3. The Morgan fingerprint density at radius 3 is 2.95 bits per heavy atom. The summed E-state index contributed by atoms with van der Waals surface area (Å²) in [7, 11) is 0. The van der Waals surface area contributed by atoms with E-state index in [9.17, 15) is 0 Å². The van der Waals surface area contributed by atoms with Crippen LogP contribution in [0.25, 0.3) is 5.65 Å². The highest BCUT2D eigenvalue weighted by atomic mass is 16.4. The summed E-state index contributed by atoms with van der Waals surface area (Å²) >= 11 is 0. The van der Waals surface area contributed by atoms with E-state index in [1.807, 2.05) is 51.8 Å². The maximum Gasteiger partial charge on any atom is 0.186 e. The third kappa shape index (κ3) is 2.03. The van der Waals surface area contributed by atoms with Crippen LogP contribution >= 0.6 is 0 Å². The standard InChI is InChI=1S/C13H13N5O/c14-13(16-19)11-4-3-7-17(11)8-10-9-18-6-2-1-5-12(18)15-10/h1-7,9,19H,8H2,(H2,14,16). The number of aromatic nitrogens is 3. The van der Waals surface area contributed by atoms with E-state index in [-0.39, 0.29) is 5.84 Å². The largest absolute Gasteiger partial charge is 0.409 e. The highest BCUT2D eigenvalue weighted by Crippen LogP contribution is 2.09. The van der Waals surface area contributed by atoms with E-state index >= 15 is 0 Å². The molecule has 0 radical (unpaired) electrons. The normalized spacial score (nSPS) is 12.1. The smallest absolute Gasteiger partial charge is 0.186 e. The lowest BCUT2D eigenvalue weighted by Crippen LogP contribution is -2.18. The van der Waals surface area contributed by atoms with Gasteiger partial charge in [0.1, 0.15) is 5.65 Å². The number of rotatable bonds is 3. The van der Waals surface area contributed by atoms with Gasteiger partial charge < -0.3 is 19.9 Å². The van der Waals surface area contributed by atoms with Crippen LogP contribution in [0.1, 0.15) is 11.4 Å². The van der Waals surface area contributed by atoms with Crippen molar-refractivity contribution in [2.45, 2.75) is 6.54 Å². The van der Waals surface area contributed by atoms with E-state index in [1.54, 1.807) is 6.07 Å². The van der Waals surface area contributed by atoms with Crippen molar-refractivity contribution >= 4 is 11.5 Å². The van der Waals surface area contributed by atoms with Crippen molar-refractivity contribution in [3.8, 4) is 0 Å². The fourth-order valence-electron chi connectivity index (χ4n) is 2.07. The number of imidazole rings is 1. The fraction of sp³-hybridized carbons (Fsp3) is 0.0769. The van der Waals surface area contributed by atoms with Gasteiger partial charge in [-0.2, -0.15) is 0 Å². The van der Waals surface area contributed by atoms with E-state index in [0.29, 0.717) is 12.2 Å². The molecule has 0 saturated carbocycles. The number of fused-ring (bicyclic) bond motifs is 1. The molecule has 3 heterocycles. The summed E-state index contributed by atoms with van der Waals surface area (Å²) in [6.45, 7) is 0.570. The molecule has 0 bridgehead atoms. The van der Waals surface area contributed by atoms with E-state index in [4.69, 9.17) is 10.9 Å². The lowest BCUT2D eigenvalue weighted by molar-refractivity contribution is 0.318. The van der Waals surface area contributed by atoms with Crippen LogP contribution in [0.3, 0.4) is 0 Å². The number of pyridine rings is 1. The molecule has 0 aliphatic heterocycles. The maximum atomic E-state index is 8.74. The second kappa shape index (κ2) is 4.49. The number of nitrogens with zero attached hydrogens (tertiary/aromatic N) is 4. The molecule has 6 heteroatoms. The molecule has 0 aliphatic rings. The highest BCUT2D eigenvalue weighted by Gasteiger charge is 2.08. The average Bonchev–Trinajstić information content (AvgIpc) is 3.04. The predicted octanol–water partition coefficient (Wildman–Crippen LogP) is 1.28. The fourth-order valence-corrected chi connectivity index (χ4v) is 2.07. The second-order valence-electron chi connectivity index (χ2n) is 4.20. The first-order chi connectivity index (χ1) is 9.28. The van der Waals surface area contributed by atoms with Gasteiger partial charge in [-0.15, -0.1) is 0 Å². The van der Waals surface area contributed by atoms with Gasteiger partial charge in [0.15, 0.2) is 5.84 Å². The molecule has 0 spiro atoms. The van der Waals surface area contributed by atoms with Crippen LogP contribution in [0, 0.1) is 0 Å². The lowest BCUT2D eigenvalue weighted by atomic mass is 10.4. The van der Waals surface area contributed by atoms with Gasteiger partial charge in [-0.1, -0.05) is 11.2 Å². The molecule has 3 N–H and O–H groups in total. The van der Waals surface area contributed by atoms with Crippen LogP contribution in [0.2, 0.25) is 0 Å². The Morgan fingerprint density at radius 2 is 2.16 bits per heavy atom. The molecule has 0 amide bonds. The summed E-state index contributed by atoms with van der Waals surface area (Å²) in [5.41, 5.74) is 8.10. The third-order valence-electron chi connectivity index (χ3n) is 2.95. The number of nitrogens with two attached hydrogens (primary N) is 1. The van der Waals surface area contributed by atoms with Gasteiger partial charge in [-0.25, -0.2) is 4.98 Å². The minimum atomic E-state index is 0.0914. The summed E-state index contributed by atoms with van der Waals surface area (Å²) in [4.78, 5) is 4.51. The summed E-state index contributed by atoms with van der Waals surface area (Å²) in [6, 6.07) is 9.50. The van der Waals surface area contributed by atoms with E-state index in [0.717, 1.165) is 11.3 Å². The highest BCUT2D eigenvalue weighted by molar-refractivity contribution is 5.95. The van der Waals surface area contributed by atoms with E-state index in [1.165, 1.54) is 0 Å². The van der Waals surface area contributed by atoms with Crippen LogP contribution in [0.15, 0.2) is 54.1 Å². The summed E-state index contributed by atoms with van der Waals surface area (Å²) in [5, 5.41) is 11.8. The van der Waals surface area contributed by atoms with Gasteiger partial charge in [0, 0.05) is 18.6 Å². The van der Waals surface area contributed by atoms with E-state index < -0.39 is 0 Å². The van der Waals surface area contributed by atoms with Crippen LogP contribution in [-0.2, 0) is 6.54 Å². The van der Waals surface area contributed by atoms with Crippen molar-refractivity contribution in [2.24, 2.45) is 10.9 Å².